The summed E-state index contributed by atoms with van der Waals surface area (Å²) in [4.78, 5) is 0. The van der Waals surface area contributed by atoms with Crippen LogP contribution in [0.25, 0.3) is 0 Å². The van der Waals surface area contributed by atoms with Crippen molar-refractivity contribution < 1.29 is 20.1 Å². The summed E-state index contributed by atoms with van der Waals surface area (Å²) in [6.45, 7) is 6.40. The van der Waals surface area contributed by atoms with Crippen molar-refractivity contribution >= 4 is 0 Å². The van der Waals surface area contributed by atoms with Crippen LogP contribution in [0, 0.1) is 0 Å². The van der Waals surface area contributed by atoms with Crippen molar-refractivity contribution in [2.75, 3.05) is 32.9 Å². The number of aliphatic hydroxyl groups is 3. The van der Waals surface area contributed by atoms with Gasteiger partial charge in [0, 0.05) is 19.7 Å². The van der Waals surface area contributed by atoms with Gasteiger partial charge in [-0.05, 0) is 26.2 Å². The first kappa shape index (κ1) is 29.8. The van der Waals surface area contributed by atoms with Gasteiger partial charge in [-0.1, -0.05) is 90.4 Å². The van der Waals surface area contributed by atoms with Gasteiger partial charge in [0.05, 0.1) is 24.9 Å². The van der Waals surface area contributed by atoms with Gasteiger partial charge in [-0.2, -0.15) is 0 Å². The third-order valence-electron chi connectivity index (χ3n) is 5.80. The van der Waals surface area contributed by atoms with E-state index in [0.29, 0.717) is 26.3 Å². The second-order valence-electron chi connectivity index (χ2n) is 9.25. The average molecular weight is 432 g/mol. The first-order valence-corrected chi connectivity index (χ1v) is 12.8. The SMILES string of the molecule is CCCCCCCCCC(C)(O)CCCCCCCCCOCC(O)CNCCO. The normalized spacial score (nSPS) is 14.7. The zero-order valence-electron chi connectivity index (χ0n) is 20.2. The highest BCUT2D eigenvalue weighted by Gasteiger charge is 2.18. The molecule has 0 aromatic carbocycles. The number of nitrogens with one attached hydrogen (secondary N) is 1. The molecule has 0 aromatic heterocycles. The lowest BCUT2D eigenvalue weighted by atomic mass is 9.91. The van der Waals surface area contributed by atoms with Crippen molar-refractivity contribution in [3.05, 3.63) is 0 Å². The molecule has 0 aliphatic heterocycles. The van der Waals surface area contributed by atoms with Crippen molar-refractivity contribution in [2.24, 2.45) is 0 Å². The van der Waals surface area contributed by atoms with E-state index in [1.807, 2.05) is 6.92 Å². The predicted octanol–water partition coefficient (Wildman–Crippen LogP) is 4.96. The lowest BCUT2D eigenvalue weighted by molar-refractivity contribution is 0.0350. The lowest BCUT2D eigenvalue weighted by Crippen LogP contribution is -2.32. The van der Waals surface area contributed by atoms with E-state index in [1.54, 1.807) is 0 Å². The van der Waals surface area contributed by atoms with E-state index >= 15 is 0 Å². The molecule has 4 N–H and O–H groups in total. The van der Waals surface area contributed by atoms with E-state index in [9.17, 15) is 10.2 Å². The second-order valence-corrected chi connectivity index (χ2v) is 9.25. The van der Waals surface area contributed by atoms with Crippen molar-refractivity contribution in [1.82, 2.24) is 5.32 Å². The van der Waals surface area contributed by atoms with E-state index in [-0.39, 0.29) is 6.61 Å². The zero-order valence-corrected chi connectivity index (χ0v) is 20.2. The molecule has 182 valence electrons. The highest BCUT2D eigenvalue weighted by molar-refractivity contribution is 4.72. The van der Waals surface area contributed by atoms with Gasteiger partial charge < -0.3 is 25.4 Å². The summed E-state index contributed by atoms with van der Waals surface area (Å²) in [5, 5.41) is 31.8. The van der Waals surface area contributed by atoms with Crippen LogP contribution in [0.15, 0.2) is 0 Å². The van der Waals surface area contributed by atoms with E-state index in [2.05, 4.69) is 12.2 Å². The Balaban J connectivity index is 3.33. The molecule has 2 unspecified atom stereocenters. The molecule has 0 rings (SSSR count). The van der Waals surface area contributed by atoms with Crippen LogP contribution in [0.3, 0.4) is 0 Å². The van der Waals surface area contributed by atoms with E-state index in [1.165, 1.54) is 70.6 Å². The summed E-state index contributed by atoms with van der Waals surface area (Å²) in [6, 6.07) is 0. The first-order valence-electron chi connectivity index (χ1n) is 12.8. The minimum Gasteiger partial charge on any atom is -0.395 e. The van der Waals surface area contributed by atoms with Crippen molar-refractivity contribution in [2.45, 2.75) is 128 Å². The molecule has 0 heterocycles. The van der Waals surface area contributed by atoms with Crippen LogP contribution >= 0.6 is 0 Å². The molecule has 30 heavy (non-hydrogen) atoms. The predicted molar refractivity (Wildman–Crippen MR) is 127 cm³/mol. The minimum absolute atomic E-state index is 0.0894. The standard InChI is InChI=1S/C25H53NO4/c1-3-4-5-6-8-11-14-17-25(2,29)18-15-12-9-7-10-13-16-21-30-23-24(28)22-26-19-20-27/h24,26-29H,3-23H2,1-2H3. The van der Waals surface area contributed by atoms with Gasteiger partial charge in [0.25, 0.3) is 0 Å². The molecule has 0 saturated carbocycles. The summed E-state index contributed by atoms with van der Waals surface area (Å²) in [5.41, 5.74) is -0.473. The van der Waals surface area contributed by atoms with E-state index < -0.39 is 11.7 Å². The van der Waals surface area contributed by atoms with Crippen molar-refractivity contribution in [3.63, 3.8) is 0 Å². The molecule has 0 saturated heterocycles. The summed E-state index contributed by atoms with van der Waals surface area (Å²) in [7, 11) is 0. The fourth-order valence-electron chi connectivity index (χ4n) is 3.81. The Labute approximate surface area is 187 Å². The van der Waals surface area contributed by atoms with Gasteiger partial charge in [0.15, 0.2) is 0 Å². The van der Waals surface area contributed by atoms with Crippen LogP contribution in [0.5, 0.6) is 0 Å². The van der Waals surface area contributed by atoms with Crippen LogP contribution in [0.1, 0.15) is 117 Å². The van der Waals surface area contributed by atoms with Gasteiger partial charge in [0.1, 0.15) is 0 Å². The maximum Gasteiger partial charge on any atom is 0.0897 e. The Morgan fingerprint density at radius 1 is 0.800 bits per heavy atom. The second kappa shape index (κ2) is 22.0. The molecule has 0 spiro atoms. The quantitative estimate of drug-likeness (QED) is 0.162. The third-order valence-corrected chi connectivity index (χ3v) is 5.80. The molecule has 5 nitrogen and oxygen atoms in total. The smallest absolute Gasteiger partial charge is 0.0897 e. The molecule has 0 aliphatic carbocycles. The van der Waals surface area contributed by atoms with Crippen LogP contribution in [0.2, 0.25) is 0 Å². The highest BCUT2D eigenvalue weighted by atomic mass is 16.5. The third kappa shape index (κ3) is 22.5. The molecule has 0 aromatic rings. The molecular formula is C25H53NO4. The topological polar surface area (TPSA) is 82.0 Å². The maximum atomic E-state index is 10.5. The first-order chi connectivity index (χ1) is 14.5. The van der Waals surface area contributed by atoms with Gasteiger partial charge in [-0.3, -0.25) is 0 Å². The molecule has 5 heteroatoms. The monoisotopic (exact) mass is 431 g/mol. The van der Waals surface area contributed by atoms with Gasteiger partial charge in [-0.25, -0.2) is 0 Å². The summed E-state index contributed by atoms with van der Waals surface area (Å²) >= 11 is 0. The van der Waals surface area contributed by atoms with Crippen molar-refractivity contribution in [3.8, 4) is 0 Å². The number of hydrogen-bond donors (Lipinski definition) is 4. The maximum absolute atomic E-state index is 10.5. The Hall–Kier alpha value is -0.200. The fraction of sp³-hybridized carbons (Fsp3) is 1.00. The molecule has 0 bridgehead atoms. The fourth-order valence-corrected chi connectivity index (χ4v) is 3.81. The number of rotatable bonds is 24. The van der Waals surface area contributed by atoms with E-state index in [4.69, 9.17) is 9.84 Å². The largest absolute Gasteiger partial charge is 0.395 e. The number of hydrogen-bond acceptors (Lipinski definition) is 5. The van der Waals surface area contributed by atoms with Crippen LogP contribution in [0.4, 0.5) is 0 Å². The zero-order chi connectivity index (χ0) is 22.3. The molecule has 2 atom stereocenters. The molecule has 0 radical (unpaired) electrons. The highest BCUT2D eigenvalue weighted by Crippen LogP contribution is 2.22. The Kier molecular flexibility index (Phi) is 21.9. The average Bonchev–Trinajstić information content (AvgIpc) is 2.71. The Bertz CT molecular complexity index is 339. The van der Waals surface area contributed by atoms with Crippen LogP contribution < -0.4 is 5.32 Å². The number of unbranched alkanes of at least 4 members (excludes halogenated alkanes) is 12. The molecular weight excluding hydrogens is 378 g/mol. The minimum atomic E-state index is -0.500. The summed E-state index contributed by atoms with van der Waals surface area (Å²) in [6.07, 6.45) is 18.8. The number of aliphatic hydroxyl groups excluding tert-OH is 2. The molecule has 0 amide bonds. The molecule has 0 aliphatic rings. The van der Waals surface area contributed by atoms with Gasteiger partial charge in [-0.15, -0.1) is 0 Å². The summed E-state index contributed by atoms with van der Waals surface area (Å²) in [5.74, 6) is 0. The lowest BCUT2D eigenvalue weighted by Gasteiger charge is -2.23. The number of ether oxygens (including phenoxy) is 1. The van der Waals surface area contributed by atoms with Gasteiger partial charge in [0.2, 0.25) is 0 Å². The summed E-state index contributed by atoms with van der Waals surface area (Å²) < 4.78 is 5.49. The Morgan fingerprint density at radius 3 is 1.83 bits per heavy atom. The van der Waals surface area contributed by atoms with Crippen molar-refractivity contribution in [1.29, 1.82) is 0 Å². The van der Waals surface area contributed by atoms with Crippen LogP contribution in [-0.4, -0.2) is 59.9 Å². The van der Waals surface area contributed by atoms with Gasteiger partial charge >= 0.3 is 0 Å². The van der Waals surface area contributed by atoms with E-state index in [0.717, 1.165) is 32.1 Å². The molecule has 0 fully saturated rings. The Morgan fingerprint density at radius 2 is 1.30 bits per heavy atom. The van der Waals surface area contributed by atoms with Crippen LogP contribution in [-0.2, 0) is 4.74 Å².